The number of carbonyl (C=O) groups excluding carboxylic acids is 2. The second-order valence-electron chi connectivity index (χ2n) is 8.74. The summed E-state index contributed by atoms with van der Waals surface area (Å²) in [6, 6.07) is 11.6. The summed E-state index contributed by atoms with van der Waals surface area (Å²) in [5.41, 5.74) is 1.17. The topological polar surface area (TPSA) is 88.5 Å². The summed E-state index contributed by atoms with van der Waals surface area (Å²) in [7, 11) is 0. The second kappa shape index (κ2) is 11.5. The summed E-state index contributed by atoms with van der Waals surface area (Å²) in [5, 5.41) is 11.4. The largest absolute Gasteiger partial charge is 0.507 e. The van der Waals surface area contributed by atoms with Gasteiger partial charge in [0.15, 0.2) is 11.5 Å². The molecule has 0 radical (unpaired) electrons. The Morgan fingerprint density at radius 3 is 2.53 bits per heavy atom. The maximum absolute atomic E-state index is 13.3. The van der Waals surface area contributed by atoms with Gasteiger partial charge in [0.25, 0.3) is 11.7 Å². The summed E-state index contributed by atoms with van der Waals surface area (Å²) in [6.45, 7) is 10.5. The third kappa shape index (κ3) is 5.18. The first kappa shape index (κ1) is 25.6. The van der Waals surface area contributed by atoms with E-state index in [2.05, 4.69) is 18.7 Å². The van der Waals surface area contributed by atoms with Crippen LogP contribution >= 0.6 is 0 Å². The predicted octanol–water partition coefficient (Wildman–Crippen LogP) is 4.01. The quantitative estimate of drug-likeness (QED) is 0.303. The molecule has 2 aliphatic rings. The van der Waals surface area contributed by atoms with Crippen molar-refractivity contribution in [3.05, 3.63) is 59.2 Å². The molecule has 8 heteroatoms. The molecule has 2 aromatic rings. The number of ether oxygens (including phenoxy) is 3. The standard InChI is InChI=1S/C28H34N2O6/c1-4-29(5-2)13-8-14-30-25(19-9-7-10-21(17-19)34-6-3)24(27(32)28(30)33)26(31)20-11-12-22-23(18-20)36-16-15-35-22/h7,9-12,17-18,25,31H,4-6,8,13-16H2,1-3H3/t25-/m0/s1. The summed E-state index contributed by atoms with van der Waals surface area (Å²) < 4.78 is 16.9. The van der Waals surface area contributed by atoms with Crippen molar-refractivity contribution in [1.82, 2.24) is 9.80 Å². The molecule has 0 spiro atoms. The molecule has 1 atom stereocenters. The van der Waals surface area contributed by atoms with Crippen molar-refractivity contribution < 1.29 is 28.9 Å². The highest BCUT2D eigenvalue weighted by molar-refractivity contribution is 6.46. The fourth-order valence-corrected chi connectivity index (χ4v) is 4.75. The molecule has 1 saturated heterocycles. The number of hydrogen-bond acceptors (Lipinski definition) is 7. The molecule has 1 amide bonds. The molecule has 0 aromatic heterocycles. The van der Waals surface area contributed by atoms with Crippen LogP contribution in [0.15, 0.2) is 48.0 Å². The number of benzene rings is 2. The number of ketones is 1. The zero-order chi connectivity index (χ0) is 25.7. The lowest BCUT2D eigenvalue weighted by atomic mass is 9.95. The number of nitrogens with zero attached hydrogens (tertiary/aromatic N) is 2. The van der Waals surface area contributed by atoms with Crippen LogP contribution in [0.1, 0.15) is 44.4 Å². The zero-order valence-corrected chi connectivity index (χ0v) is 21.2. The third-order valence-corrected chi connectivity index (χ3v) is 6.61. The average molecular weight is 495 g/mol. The molecule has 1 fully saturated rings. The maximum atomic E-state index is 13.3. The molecule has 0 saturated carbocycles. The Kier molecular flexibility index (Phi) is 8.15. The monoisotopic (exact) mass is 494 g/mol. The van der Waals surface area contributed by atoms with Gasteiger partial charge in [-0.1, -0.05) is 26.0 Å². The van der Waals surface area contributed by atoms with Crippen LogP contribution in [0.2, 0.25) is 0 Å². The van der Waals surface area contributed by atoms with Crippen LogP contribution in [-0.2, 0) is 9.59 Å². The Morgan fingerprint density at radius 1 is 1.06 bits per heavy atom. The molecular weight excluding hydrogens is 460 g/mol. The van der Waals surface area contributed by atoms with Crippen LogP contribution in [-0.4, -0.2) is 72.6 Å². The summed E-state index contributed by atoms with van der Waals surface area (Å²) in [4.78, 5) is 30.4. The van der Waals surface area contributed by atoms with Crippen LogP contribution in [0.3, 0.4) is 0 Å². The van der Waals surface area contributed by atoms with E-state index in [1.165, 1.54) is 0 Å². The highest BCUT2D eigenvalue weighted by Crippen LogP contribution is 2.41. The predicted molar refractivity (Wildman–Crippen MR) is 136 cm³/mol. The van der Waals surface area contributed by atoms with Gasteiger partial charge in [-0.15, -0.1) is 0 Å². The van der Waals surface area contributed by atoms with Gasteiger partial charge in [-0.25, -0.2) is 0 Å². The molecule has 1 N–H and O–H groups in total. The van der Waals surface area contributed by atoms with Gasteiger partial charge in [-0.2, -0.15) is 0 Å². The van der Waals surface area contributed by atoms with E-state index in [1.54, 1.807) is 23.1 Å². The van der Waals surface area contributed by atoms with E-state index in [1.807, 2.05) is 31.2 Å². The van der Waals surface area contributed by atoms with Gasteiger partial charge in [-0.05, 0) is 68.9 Å². The van der Waals surface area contributed by atoms with Gasteiger partial charge in [0.05, 0.1) is 18.2 Å². The fourth-order valence-electron chi connectivity index (χ4n) is 4.75. The van der Waals surface area contributed by atoms with E-state index < -0.39 is 17.7 Å². The Morgan fingerprint density at radius 2 is 1.81 bits per heavy atom. The molecule has 0 bridgehead atoms. The lowest BCUT2D eigenvalue weighted by molar-refractivity contribution is -0.140. The van der Waals surface area contributed by atoms with Gasteiger partial charge in [0.2, 0.25) is 0 Å². The molecule has 2 aromatic carbocycles. The lowest BCUT2D eigenvalue weighted by Crippen LogP contribution is -2.33. The number of Topliss-reactive ketones (excluding diaryl/α,β-unsaturated/α-hetero) is 1. The molecular formula is C28H34N2O6. The molecule has 4 rings (SSSR count). The number of aliphatic hydroxyl groups excluding tert-OH is 1. The third-order valence-electron chi connectivity index (χ3n) is 6.61. The highest BCUT2D eigenvalue weighted by atomic mass is 16.6. The highest BCUT2D eigenvalue weighted by Gasteiger charge is 2.46. The minimum Gasteiger partial charge on any atom is -0.507 e. The fraction of sp³-hybridized carbons (Fsp3) is 0.429. The molecule has 2 heterocycles. The molecule has 192 valence electrons. The van der Waals surface area contributed by atoms with Crippen LogP contribution < -0.4 is 14.2 Å². The number of carbonyl (C=O) groups is 2. The van der Waals surface area contributed by atoms with Crippen molar-refractivity contribution in [2.75, 3.05) is 46.0 Å². The number of fused-ring (bicyclic) bond motifs is 1. The van der Waals surface area contributed by atoms with Crippen LogP contribution in [0.5, 0.6) is 17.2 Å². The second-order valence-corrected chi connectivity index (χ2v) is 8.74. The minimum absolute atomic E-state index is 0.0631. The first-order chi connectivity index (χ1) is 17.5. The van der Waals surface area contributed by atoms with E-state index in [0.29, 0.717) is 61.2 Å². The molecule has 8 nitrogen and oxygen atoms in total. The Hall–Kier alpha value is -3.52. The minimum atomic E-state index is -0.727. The van der Waals surface area contributed by atoms with Crippen LogP contribution in [0, 0.1) is 0 Å². The van der Waals surface area contributed by atoms with E-state index in [9.17, 15) is 14.7 Å². The van der Waals surface area contributed by atoms with Crippen LogP contribution in [0.4, 0.5) is 0 Å². The van der Waals surface area contributed by atoms with Crippen molar-refractivity contribution in [2.24, 2.45) is 0 Å². The number of rotatable bonds is 10. The number of amides is 1. The van der Waals surface area contributed by atoms with Crippen molar-refractivity contribution >= 4 is 17.4 Å². The van der Waals surface area contributed by atoms with Gasteiger partial charge in [0.1, 0.15) is 24.7 Å². The van der Waals surface area contributed by atoms with E-state index in [4.69, 9.17) is 14.2 Å². The number of aliphatic hydroxyl groups is 1. The number of likely N-dealkylation sites (tertiary alicyclic amines) is 1. The SMILES string of the molecule is CCOc1cccc([C@H]2C(=C(O)c3ccc4c(c3)OCCO4)C(=O)C(=O)N2CCCN(CC)CC)c1. The lowest BCUT2D eigenvalue weighted by Gasteiger charge is -2.27. The normalized spacial score (nSPS) is 18.7. The Balaban J connectivity index is 1.75. The van der Waals surface area contributed by atoms with E-state index >= 15 is 0 Å². The molecule has 0 unspecified atom stereocenters. The molecule has 0 aliphatic carbocycles. The zero-order valence-electron chi connectivity index (χ0n) is 21.2. The summed E-state index contributed by atoms with van der Waals surface area (Å²) in [6.07, 6.45) is 0.709. The Bertz CT molecular complexity index is 1140. The average Bonchev–Trinajstić information content (AvgIpc) is 3.16. The van der Waals surface area contributed by atoms with E-state index in [-0.39, 0.29) is 11.3 Å². The molecule has 36 heavy (non-hydrogen) atoms. The van der Waals surface area contributed by atoms with E-state index in [0.717, 1.165) is 19.6 Å². The maximum Gasteiger partial charge on any atom is 0.295 e. The number of hydrogen-bond donors (Lipinski definition) is 1. The van der Waals surface area contributed by atoms with Gasteiger partial charge < -0.3 is 29.1 Å². The first-order valence-corrected chi connectivity index (χ1v) is 12.6. The summed E-state index contributed by atoms with van der Waals surface area (Å²) >= 11 is 0. The van der Waals surface area contributed by atoms with Crippen LogP contribution in [0.25, 0.3) is 5.76 Å². The van der Waals surface area contributed by atoms with Crippen molar-refractivity contribution in [1.29, 1.82) is 0 Å². The van der Waals surface area contributed by atoms with Crippen molar-refractivity contribution in [2.45, 2.75) is 33.2 Å². The van der Waals surface area contributed by atoms with Crippen molar-refractivity contribution in [3.63, 3.8) is 0 Å². The van der Waals surface area contributed by atoms with Gasteiger partial charge in [0, 0.05) is 12.1 Å². The first-order valence-electron chi connectivity index (χ1n) is 12.6. The Labute approximate surface area is 212 Å². The summed E-state index contributed by atoms with van der Waals surface area (Å²) in [5.74, 6) is 0.174. The van der Waals surface area contributed by atoms with Gasteiger partial charge >= 0.3 is 0 Å². The van der Waals surface area contributed by atoms with Gasteiger partial charge in [-0.3, -0.25) is 9.59 Å². The van der Waals surface area contributed by atoms with Crippen molar-refractivity contribution in [3.8, 4) is 17.2 Å². The molecule has 2 aliphatic heterocycles. The smallest absolute Gasteiger partial charge is 0.295 e.